The second kappa shape index (κ2) is 3.84. The molecule has 13 heavy (non-hydrogen) atoms. The molecule has 1 saturated heterocycles. The minimum Gasteiger partial charge on any atom is -0.508 e. The van der Waals surface area contributed by atoms with Crippen molar-refractivity contribution in [2.24, 2.45) is 0 Å². The summed E-state index contributed by atoms with van der Waals surface area (Å²) >= 11 is 2.20. The Morgan fingerprint density at radius 1 is 1.46 bits per heavy atom. The molecule has 2 N–H and O–H groups in total. The number of hydrogen-bond donors (Lipinski definition) is 2. The Kier molecular flexibility index (Phi) is 2.74. The van der Waals surface area contributed by atoms with Crippen molar-refractivity contribution in [1.29, 1.82) is 0 Å². The quantitative estimate of drug-likeness (QED) is 0.778. The Morgan fingerprint density at radius 3 is 2.92 bits per heavy atom. The molecule has 3 heteroatoms. The first-order valence-corrected chi connectivity index (χ1v) is 5.57. The zero-order valence-corrected chi connectivity index (χ0v) is 9.41. The monoisotopic (exact) mass is 289 g/mol. The van der Waals surface area contributed by atoms with Crippen LogP contribution in [-0.4, -0.2) is 11.7 Å². The molecule has 2 nitrogen and oxygen atoms in total. The van der Waals surface area contributed by atoms with Gasteiger partial charge in [0.1, 0.15) is 5.75 Å². The normalized spacial score (nSPS) is 22.1. The van der Waals surface area contributed by atoms with Gasteiger partial charge in [-0.25, -0.2) is 0 Å². The molecular weight excluding hydrogens is 277 g/mol. The van der Waals surface area contributed by atoms with Crippen LogP contribution >= 0.6 is 22.6 Å². The predicted octanol–water partition coefficient (Wildman–Crippen LogP) is 2.42. The molecule has 1 aromatic carbocycles. The van der Waals surface area contributed by atoms with Crippen LogP contribution in [0.1, 0.15) is 24.4 Å². The van der Waals surface area contributed by atoms with Crippen molar-refractivity contribution in [2.75, 3.05) is 6.54 Å². The number of hydrogen-bond acceptors (Lipinski definition) is 2. The van der Waals surface area contributed by atoms with Gasteiger partial charge in [0.2, 0.25) is 0 Å². The first kappa shape index (κ1) is 9.27. The minimum absolute atomic E-state index is 0.358. The second-order valence-electron chi connectivity index (χ2n) is 3.35. The van der Waals surface area contributed by atoms with Gasteiger partial charge >= 0.3 is 0 Å². The standard InChI is InChI=1S/C10H12INO/c11-7-3-4-8(10(13)6-7)9-2-1-5-12-9/h3-4,6,9,12-13H,1-2,5H2/t9-/m0/s1. The van der Waals surface area contributed by atoms with E-state index in [1.54, 1.807) is 0 Å². The van der Waals surface area contributed by atoms with Gasteiger partial charge in [0.25, 0.3) is 0 Å². The number of phenols is 1. The van der Waals surface area contributed by atoms with E-state index in [-0.39, 0.29) is 0 Å². The van der Waals surface area contributed by atoms with Gasteiger partial charge in [-0.1, -0.05) is 6.07 Å². The minimum atomic E-state index is 0.358. The van der Waals surface area contributed by atoms with Gasteiger partial charge in [-0.2, -0.15) is 0 Å². The van der Waals surface area contributed by atoms with E-state index >= 15 is 0 Å². The van der Waals surface area contributed by atoms with Crippen LogP contribution in [-0.2, 0) is 0 Å². The molecule has 0 saturated carbocycles. The molecule has 0 spiro atoms. The lowest BCUT2D eigenvalue weighted by molar-refractivity contribution is 0.456. The van der Waals surface area contributed by atoms with E-state index in [1.807, 2.05) is 18.2 Å². The van der Waals surface area contributed by atoms with E-state index in [0.717, 1.165) is 22.1 Å². The predicted molar refractivity (Wildman–Crippen MR) is 60.8 cm³/mol. The van der Waals surface area contributed by atoms with Crippen LogP contribution in [0.15, 0.2) is 18.2 Å². The SMILES string of the molecule is Oc1cc(I)ccc1[C@@H]1CCCN1. The molecule has 0 aromatic heterocycles. The third kappa shape index (κ3) is 1.96. The second-order valence-corrected chi connectivity index (χ2v) is 4.60. The summed E-state index contributed by atoms with van der Waals surface area (Å²) in [6.07, 6.45) is 2.34. The molecule has 1 aliphatic heterocycles. The number of benzene rings is 1. The van der Waals surface area contributed by atoms with Crippen molar-refractivity contribution in [3.63, 3.8) is 0 Å². The molecule has 0 bridgehead atoms. The number of phenolic OH excluding ortho intramolecular Hbond substituents is 1. The summed E-state index contributed by atoms with van der Waals surface area (Å²) in [7, 11) is 0. The van der Waals surface area contributed by atoms with Crippen molar-refractivity contribution >= 4 is 22.6 Å². The first-order valence-electron chi connectivity index (χ1n) is 4.49. The summed E-state index contributed by atoms with van der Waals surface area (Å²) in [6.45, 7) is 1.07. The summed E-state index contributed by atoms with van der Waals surface area (Å²) in [5.74, 6) is 0.423. The Morgan fingerprint density at radius 2 is 2.31 bits per heavy atom. The Hall–Kier alpha value is -0.290. The highest BCUT2D eigenvalue weighted by molar-refractivity contribution is 14.1. The maximum absolute atomic E-state index is 9.71. The van der Waals surface area contributed by atoms with E-state index in [9.17, 15) is 5.11 Å². The molecular formula is C10H12INO. The molecule has 0 aliphatic carbocycles. The summed E-state index contributed by atoms with van der Waals surface area (Å²) in [4.78, 5) is 0. The highest BCUT2D eigenvalue weighted by atomic mass is 127. The molecule has 1 atom stereocenters. The van der Waals surface area contributed by atoms with Gasteiger partial charge in [0, 0.05) is 15.2 Å². The van der Waals surface area contributed by atoms with Crippen LogP contribution in [0, 0.1) is 3.57 Å². The van der Waals surface area contributed by atoms with Gasteiger partial charge in [0.05, 0.1) is 0 Å². The highest BCUT2D eigenvalue weighted by Gasteiger charge is 2.18. The van der Waals surface area contributed by atoms with Gasteiger partial charge in [0.15, 0.2) is 0 Å². The third-order valence-corrected chi connectivity index (χ3v) is 3.10. The summed E-state index contributed by atoms with van der Waals surface area (Å²) in [6, 6.07) is 6.22. The van der Waals surface area contributed by atoms with Gasteiger partial charge < -0.3 is 10.4 Å². The highest BCUT2D eigenvalue weighted by Crippen LogP contribution is 2.30. The van der Waals surface area contributed by atoms with Crippen molar-refractivity contribution in [3.05, 3.63) is 27.3 Å². The van der Waals surface area contributed by atoms with Crippen LogP contribution < -0.4 is 5.32 Å². The number of aromatic hydroxyl groups is 1. The van der Waals surface area contributed by atoms with E-state index in [4.69, 9.17) is 0 Å². The van der Waals surface area contributed by atoms with Crippen LogP contribution in [0.4, 0.5) is 0 Å². The fourth-order valence-electron chi connectivity index (χ4n) is 1.76. The first-order chi connectivity index (χ1) is 6.27. The van der Waals surface area contributed by atoms with Crippen LogP contribution in [0.5, 0.6) is 5.75 Å². The number of halogens is 1. The Balaban J connectivity index is 2.29. The summed E-state index contributed by atoms with van der Waals surface area (Å²) < 4.78 is 1.08. The molecule has 1 aromatic rings. The molecule has 0 amide bonds. The molecule has 1 aliphatic rings. The van der Waals surface area contributed by atoms with Crippen LogP contribution in [0.2, 0.25) is 0 Å². The molecule has 2 rings (SSSR count). The van der Waals surface area contributed by atoms with Crippen LogP contribution in [0.25, 0.3) is 0 Å². The van der Waals surface area contributed by atoms with Crippen molar-refractivity contribution < 1.29 is 5.11 Å². The average Bonchev–Trinajstić information content (AvgIpc) is 2.56. The zero-order valence-electron chi connectivity index (χ0n) is 7.26. The number of rotatable bonds is 1. The van der Waals surface area contributed by atoms with Gasteiger partial charge in [-0.15, -0.1) is 0 Å². The molecule has 70 valence electrons. The maximum atomic E-state index is 9.71. The summed E-state index contributed by atoms with van der Waals surface area (Å²) in [5, 5.41) is 13.1. The lowest BCUT2D eigenvalue weighted by atomic mass is 10.0. The average molecular weight is 289 g/mol. The maximum Gasteiger partial charge on any atom is 0.121 e. The topological polar surface area (TPSA) is 32.3 Å². The zero-order chi connectivity index (χ0) is 9.26. The van der Waals surface area contributed by atoms with Gasteiger partial charge in [-0.3, -0.25) is 0 Å². The molecule has 1 fully saturated rings. The van der Waals surface area contributed by atoms with Crippen molar-refractivity contribution in [3.8, 4) is 5.75 Å². The van der Waals surface area contributed by atoms with E-state index < -0.39 is 0 Å². The Bertz CT molecular complexity index is 308. The van der Waals surface area contributed by atoms with E-state index in [2.05, 4.69) is 27.9 Å². The largest absolute Gasteiger partial charge is 0.508 e. The summed E-state index contributed by atoms with van der Waals surface area (Å²) in [5.41, 5.74) is 1.04. The van der Waals surface area contributed by atoms with Crippen molar-refractivity contribution in [2.45, 2.75) is 18.9 Å². The smallest absolute Gasteiger partial charge is 0.121 e. The molecule has 1 heterocycles. The fourth-order valence-corrected chi connectivity index (χ4v) is 2.24. The van der Waals surface area contributed by atoms with E-state index in [1.165, 1.54) is 6.42 Å². The van der Waals surface area contributed by atoms with Gasteiger partial charge in [-0.05, 0) is 54.1 Å². The fraction of sp³-hybridized carbons (Fsp3) is 0.400. The third-order valence-electron chi connectivity index (χ3n) is 2.43. The lowest BCUT2D eigenvalue weighted by Crippen LogP contribution is -2.12. The Labute approximate surface area is 91.5 Å². The molecule has 0 radical (unpaired) electrons. The molecule has 0 unspecified atom stereocenters. The number of nitrogens with one attached hydrogen (secondary N) is 1. The van der Waals surface area contributed by atoms with Crippen molar-refractivity contribution in [1.82, 2.24) is 5.32 Å². The van der Waals surface area contributed by atoms with Crippen LogP contribution in [0.3, 0.4) is 0 Å². The lowest BCUT2D eigenvalue weighted by Gasteiger charge is -2.12. The van der Waals surface area contributed by atoms with E-state index in [0.29, 0.717) is 11.8 Å².